The molecule has 0 unspecified atom stereocenters. The third-order valence-electron chi connectivity index (χ3n) is 6.09. The van der Waals surface area contributed by atoms with E-state index in [1.807, 2.05) is 13.8 Å². The maximum Gasteiger partial charge on any atom is 0.294 e. The summed E-state index contributed by atoms with van der Waals surface area (Å²) in [7, 11) is -1.85. The first kappa shape index (κ1) is 25.6. The van der Waals surface area contributed by atoms with E-state index in [0.717, 1.165) is 24.8 Å². The van der Waals surface area contributed by atoms with Crippen molar-refractivity contribution in [2.75, 3.05) is 18.7 Å². The minimum atomic E-state index is -3.39. The molecule has 1 N–H and O–H groups in total. The van der Waals surface area contributed by atoms with E-state index in [4.69, 9.17) is 9.72 Å². The lowest BCUT2D eigenvalue weighted by Gasteiger charge is -2.16. The van der Waals surface area contributed by atoms with Crippen molar-refractivity contribution in [2.24, 2.45) is 5.92 Å². The average molecular weight is 537 g/mol. The fraction of sp³-hybridized carbons (Fsp3) is 0.400. The van der Waals surface area contributed by atoms with Crippen molar-refractivity contribution in [1.82, 2.24) is 34.5 Å². The summed E-state index contributed by atoms with van der Waals surface area (Å²) < 4.78 is 30.4. The van der Waals surface area contributed by atoms with Gasteiger partial charge in [0.05, 0.1) is 19.0 Å². The van der Waals surface area contributed by atoms with Gasteiger partial charge < -0.3 is 10.1 Å². The lowest BCUT2D eigenvalue weighted by molar-refractivity contribution is 0.397. The van der Waals surface area contributed by atoms with Crippen LogP contribution in [0.4, 0.5) is 5.82 Å². The van der Waals surface area contributed by atoms with Gasteiger partial charge in [-0.1, -0.05) is 19.9 Å². The quantitative estimate of drug-likeness (QED) is 0.335. The summed E-state index contributed by atoms with van der Waals surface area (Å²) in [4.78, 5) is 40.1. The molecule has 0 aliphatic heterocycles. The van der Waals surface area contributed by atoms with Crippen molar-refractivity contribution >= 4 is 26.8 Å². The molecule has 198 valence electrons. The van der Waals surface area contributed by atoms with Crippen molar-refractivity contribution in [1.29, 1.82) is 0 Å². The zero-order chi connectivity index (χ0) is 27.0. The monoisotopic (exact) mass is 536 g/mol. The fourth-order valence-electron chi connectivity index (χ4n) is 4.14. The van der Waals surface area contributed by atoms with E-state index in [0.29, 0.717) is 46.5 Å². The number of aromatic nitrogens is 7. The first-order chi connectivity index (χ1) is 18.2. The molecule has 0 atom stereocenters. The molecular weight excluding hydrogens is 508 g/mol. The summed E-state index contributed by atoms with van der Waals surface area (Å²) in [6, 6.07) is 3.08. The fourth-order valence-corrected chi connectivity index (χ4v) is 4.70. The maximum atomic E-state index is 13.5. The Labute approximate surface area is 219 Å². The van der Waals surface area contributed by atoms with E-state index in [-0.39, 0.29) is 28.9 Å². The number of ether oxygens (including phenoxy) is 1. The lowest BCUT2D eigenvalue weighted by Crippen LogP contribution is -2.28. The van der Waals surface area contributed by atoms with Crippen LogP contribution in [0.5, 0.6) is 5.88 Å². The van der Waals surface area contributed by atoms with E-state index in [1.54, 1.807) is 23.9 Å². The number of sulfone groups is 1. The smallest absolute Gasteiger partial charge is 0.294 e. The Bertz CT molecular complexity index is 1670. The average Bonchev–Trinajstić information content (AvgIpc) is 3.74. The van der Waals surface area contributed by atoms with Crippen molar-refractivity contribution in [3.8, 4) is 17.3 Å². The minimum Gasteiger partial charge on any atom is -0.480 e. The van der Waals surface area contributed by atoms with Crippen LogP contribution in [-0.2, 0) is 22.9 Å². The molecule has 0 saturated heterocycles. The van der Waals surface area contributed by atoms with Gasteiger partial charge in [0, 0.05) is 31.5 Å². The zero-order valence-electron chi connectivity index (χ0n) is 21.5. The van der Waals surface area contributed by atoms with Crippen LogP contribution in [0.3, 0.4) is 0 Å². The summed E-state index contributed by atoms with van der Waals surface area (Å²) >= 11 is 0. The molecule has 4 aromatic heterocycles. The Morgan fingerprint density at radius 1 is 1.11 bits per heavy atom. The standard InChI is InChI=1S/C25H28N8O4S/c1-14(2)12-33-23-17(11-28-21(32-23)19-20(16-6-7-16)29-13-30-24(19)37-3)31-22(25(33)34)27-10-15-5-8-18(26-9-15)38(4,35)36/h5,8-9,11,13-14,16H,6-7,10,12H2,1-4H3,(H,27,31). The summed E-state index contributed by atoms with van der Waals surface area (Å²) in [5.74, 6) is 1.38. The molecular formula is C25H28N8O4S. The zero-order valence-corrected chi connectivity index (χ0v) is 22.4. The van der Waals surface area contributed by atoms with Crippen molar-refractivity contribution in [3.63, 3.8) is 0 Å². The van der Waals surface area contributed by atoms with Crippen molar-refractivity contribution < 1.29 is 13.2 Å². The molecule has 38 heavy (non-hydrogen) atoms. The van der Waals surface area contributed by atoms with Crippen LogP contribution in [-0.4, -0.2) is 56.3 Å². The summed E-state index contributed by atoms with van der Waals surface area (Å²) in [5, 5.41) is 3.05. The predicted molar refractivity (Wildman–Crippen MR) is 141 cm³/mol. The van der Waals surface area contributed by atoms with Gasteiger partial charge in [-0.05, 0) is 30.4 Å². The van der Waals surface area contributed by atoms with E-state index in [1.165, 1.54) is 18.6 Å². The second kappa shape index (κ2) is 10.0. The molecule has 0 radical (unpaired) electrons. The normalized spacial score (nSPS) is 13.7. The molecule has 4 aromatic rings. The summed E-state index contributed by atoms with van der Waals surface area (Å²) in [6.07, 6.45) is 7.69. The van der Waals surface area contributed by atoms with Crippen LogP contribution in [0.15, 0.2) is 40.7 Å². The third-order valence-corrected chi connectivity index (χ3v) is 7.09. The number of nitrogens with zero attached hydrogens (tertiary/aromatic N) is 7. The van der Waals surface area contributed by atoms with Gasteiger partial charge in [-0.2, -0.15) is 0 Å². The molecule has 1 aliphatic carbocycles. The molecule has 12 nitrogen and oxygen atoms in total. The summed E-state index contributed by atoms with van der Waals surface area (Å²) in [5.41, 5.74) is 2.71. The molecule has 1 fully saturated rings. The lowest BCUT2D eigenvalue weighted by atomic mass is 10.1. The molecule has 13 heteroatoms. The number of hydrogen-bond donors (Lipinski definition) is 1. The molecule has 0 aromatic carbocycles. The predicted octanol–water partition coefficient (Wildman–Crippen LogP) is 2.60. The van der Waals surface area contributed by atoms with Crippen LogP contribution >= 0.6 is 0 Å². The highest BCUT2D eigenvalue weighted by Gasteiger charge is 2.31. The van der Waals surface area contributed by atoms with E-state index in [9.17, 15) is 13.2 Å². The van der Waals surface area contributed by atoms with Crippen LogP contribution in [0, 0.1) is 5.92 Å². The number of anilines is 1. The number of methoxy groups -OCH3 is 1. The number of fused-ring (bicyclic) bond motifs is 1. The van der Waals surface area contributed by atoms with Crippen LogP contribution in [0.25, 0.3) is 22.6 Å². The van der Waals surface area contributed by atoms with Crippen LogP contribution in [0.1, 0.15) is 43.9 Å². The topological polar surface area (TPSA) is 155 Å². The molecule has 4 heterocycles. The number of nitrogens with one attached hydrogen (secondary N) is 1. The molecule has 1 saturated carbocycles. The van der Waals surface area contributed by atoms with Crippen molar-refractivity contribution in [2.45, 2.75) is 50.7 Å². The Hall–Kier alpha value is -4.00. The third kappa shape index (κ3) is 5.19. The van der Waals surface area contributed by atoms with Crippen molar-refractivity contribution in [3.05, 3.63) is 52.5 Å². The first-order valence-corrected chi connectivity index (χ1v) is 14.1. The van der Waals surface area contributed by atoms with E-state index < -0.39 is 9.84 Å². The maximum absolute atomic E-state index is 13.5. The van der Waals surface area contributed by atoms with Gasteiger partial charge >= 0.3 is 0 Å². The Balaban J connectivity index is 1.55. The molecule has 0 bridgehead atoms. The van der Waals surface area contributed by atoms with Gasteiger partial charge in [-0.3, -0.25) is 9.36 Å². The van der Waals surface area contributed by atoms with Crippen LogP contribution < -0.4 is 15.6 Å². The number of pyridine rings is 1. The first-order valence-electron chi connectivity index (χ1n) is 12.2. The Kier molecular flexibility index (Phi) is 6.78. The molecule has 5 rings (SSSR count). The minimum absolute atomic E-state index is 0.0115. The highest BCUT2D eigenvalue weighted by molar-refractivity contribution is 7.90. The highest BCUT2D eigenvalue weighted by atomic mass is 32.2. The molecule has 0 amide bonds. The van der Waals surface area contributed by atoms with Gasteiger partial charge in [0.1, 0.15) is 17.4 Å². The Morgan fingerprint density at radius 3 is 2.53 bits per heavy atom. The van der Waals surface area contributed by atoms with Gasteiger partial charge in [-0.15, -0.1) is 0 Å². The second-order valence-electron chi connectivity index (χ2n) is 9.72. The number of rotatable bonds is 9. The van der Waals surface area contributed by atoms with E-state index in [2.05, 4.69) is 30.2 Å². The Morgan fingerprint density at radius 2 is 1.89 bits per heavy atom. The van der Waals surface area contributed by atoms with E-state index >= 15 is 0 Å². The van der Waals surface area contributed by atoms with Gasteiger partial charge in [0.2, 0.25) is 5.88 Å². The largest absolute Gasteiger partial charge is 0.480 e. The van der Waals surface area contributed by atoms with Crippen LogP contribution in [0.2, 0.25) is 0 Å². The van der Waals surface area contributed by atoms with Gasteiger partial charge in [0.25, 0.3) is 5.56 Å². The van der Waals surface area contributed by atoms with Gasteiger partial charge in [0.15, 0.2) is 32.2 Å². The second-order valence-corrected chi connectivity index (χ2v) is 11.7. The number of hydrogen-bond acceptors (Lipinski definition) is 11. The summed E-state index contributed by atoms with van der Waals surface area (Å²) in [6.45, 7) is 4.69. The molecule has 1 aliphatic rings. The van der Waals surface area contributed by atoms with Gasteiger partial charge in [-0.25, -0.2) is 38.3 Å². The highest BCUT2D eigenvalue weighted by Crippen LogP contribution is 2.44. The molecule has 0 spiro atoms. The SMILES string of the molecule is COc1ncnc(C2CC2)c1-c1ncc2nc(NCc3ccc(S(C)(=O)=O)nc3)c(=O)n(CC(C)C)c2n1.